The lowest BCUT2D eigenvalue weighted by Gasteiger charge is -2.50. The normalized spacial score (nSPS) is 27.2. The molecule has 0 radical (unpaired) electrons. The first-order valence-corrected chi connectivity index (χ1v) is 12.5. The number of allylic oxidation sites excluding steroid dienone is 1. The molecule has 192 valence electrons. The first-order chi connectivity index (χ1) is 17.4. The number of phenolic OH excluding ortho intramolecular Hbond substituents is 1. The fourth-order valence-corrected chi connectivity index (χ4v) is 6.71. The lowest BCUT2D eigenvalue weighted by atomic mass is 9.54. The predicted octanol–water partition coefficient (Wildman–Crippen LogP) is 4.39. The quantitative estimate of drug-likeness (QED) is 0.458. The molecule has 2 aromatic carbocycles. The van der Waals surface area contributed by atoms with Crippen LogP contribution in [0.3, 0.4) is 0 Å². The van der Waals surface area contributed by atoms with E-state index < -0.39 is 57.8 Å². The van der Waals surface area contributed by atoms with E-state index in [-0.39, 0.29) is 35.6 Å². The zero-order valence-corrected chi connectivity index (χ0v) is 21.2. The molecule has 0 spiro atoms. The molecule has 4 atom stereocenters. The summed E-state index contributed by atoms with van der Waals surface area (Å²) in [5.74, 6) is -6.57. The second kappa shape index (κ2) is 8.42. The first kappa shape index (κ1) is 25.0. The summed E-state index contributed by atoms with van der Waals surface area (Å²) >= 11 is 0. The minimum absolute atomic E-state index is 0.102. The van der Waals surface area contributed by atoms with Gasteiger partial charge >= 0.3 is 0 Å². The molecule has 0 saturated heterocycles. The summed E-state index contributed by atoms with van der Waals surface area (Å²) in [6.07, 6.45) is 0.419. The van der Waals surface area contributed by atoms with Crippen molar-refractivity contribution < 1.29 is 34.8 Å². The van der Waals surface area contributed by atoms with E-state index >= 15 is 0 Å². The van der Waals surface area contributed by atoms with Gasteiger partial charge in [0.1, 0.15) is 22.8 Å². The Labute approximate surface area is 214 Å². The van der Waals surface area contributed by atoms with Gasteiger partial charge in [0.25, 0.3) is 0 Å². The number of carbonyl (C=O) groups excluding carboxylic acids is 3. The minimum Gasteiger partial charge on any atom is -0.508 e. The Morgan fingerprint density at radius 1 is 1.03 bits per heavy atom. The lowest BCUT2D eigenvalue weighted by Crippen LogP contribution is -2.61. The number of aliphatic hydroxyl groups excluding tert-OH is 2. The Bertz CT molecular complexity index is 1440. The average Bonchev–Trinajstić information content (AvgIpc) is 2.82. The van der Waals surface area contributed by atoms with Crippen LogP contribution in [0.5, 0.6) is 5.75 Å². The predicted molar refractivity (Wildman–Crippen MR) is 137 cm³/mol. The summed E-state index contributed by atoms with van der Waals surface area (Å²) in [6, 6.07) is 11.0. The Kier molecular flexibility index (Phi) is 5.68. The maximum atomic E-state index is 13.9. The number of aryl methyl sites for hydroxylation is 1. The van der Waals surface area contributed by atoms with E-state index in [9.17, 15) is 34.8 Å². The molecule has 5 rings (SSSR count). The third-order valence-corrected chi connectivity index (χ3v) is 8.39. The zero-order valence-electron chi connectivity index (χ0n) is 21.2. The monoisotopic (exact) mass is 502 g/mol. The summed E-state index contributed by atoms with van der Waals surface area (Å²) < 4.78 is 0. The van der Waals surface area contributed by atoms with Gasteiger partial charge in [-0.1, -0.05) is 44.2 Å². The van der Waals surface area contributed by atoms with Crippen molar-refractivity contribution in [2.24, 2.45) is 23.7 Å². The van der Waals surface area contributed by atoms with Crippen LogP contribution in [0.2, 0.25) is 0 Å². The van der Waals surface area contributed by atoms with Crippen LogP contribution in [-0.2, 0) is 20.8 Å². The highest BCUT2D eigenvalue weighted by Crippen LogP contribution is 2.55. The van der Waals surface area contributed by atoms with Crippen LogP contribution in [0.1, 0.15) is 43.9 Å². The van der Waals surface area contributed by atoms with Crippen molar-refractivity contribution in [1.29, 1.82) is 0 Å². The first-order valence-electron chi connectivity index (χ1n) is 12.5. The minimum atomic E-state index is -2.52. The molecule has 0 heterocycles. The number of ketones is 3. The highest BCUT2D eigenvalue weighted by molar-refractivity contribution is 6.24. The van der Waals surface area contributed by atoms with Gasteiger partial charge in [0, 0.05) is 17.4 Å². The van der Waals surface area contributed by atoms with Crippen molar-refractivity contribution >= 4 is 23.1 Å². The third-order valence-electron chi connectivity index (χ3n) is 8.39. The molecular weight excluding hydrogens is 472 g/mol. The van der Waals surface area contributed by atoms with Gasteiger partial charge in [-0.3, -0.25) is 14.4 Å². The lowest BCUT2D eigenvalue weighted by molar-refractivity contribution is -0.155. The van der Waals surface area contributed by atoms with Gasteiger partial charge in [-0.15, -0.1) is 0 Å². The van der Waals surface area contributed by atoms with E-state index in [4.69, 9.17) is 0 Å². The molecule has 0 bridgehead atoms. The summed E-state index contributed by atoms with van der Waals surface area (Å²) in [7, 11) is 0. The molecule has 3 aliphatic carbocycles. The van der Waals surface area contributed by atoms with Crippen molar-refractivity contribution in [3.05, 3.63) is 70.0 Å². The van der Waals surface area contributed by atoms with Gasteiger partial charge in [0.2, 0.25) is 5.78 Å². The van der Waals surface area contributed by atoms with E-state index in [1.807, 2.05) is 31.2 Å². The molecule has 4 unspecified atom stereocenters. The number of Topliss-reactive ketones (excluding diaryl/α,β-unsaturated/α-hetero) is 3. The maximum Gasteiger partial charge on any atom is 0.202 e. The second-order valence-corrected chi connectivity index (χ2v) is 10.8. The average molecular weight is 503 g/mol. The van der Waals surface area contributed by atoms with Crippen LogP contribution < -0.4 is 0 Å². The van der Waals surface area contributed by atoms with Crippen molar-refractivity contribution in [3.8, 4) is 16.9 Å². The molecule has 3 aliphatic rings. The van der Waals surface area contributed by atoms with E-state index in [0.717, 1.165) is 23.6 Å². The maximum absolute atomic E-state index is 13.9. The molecule has 37 heavy (non-hydrogen) atoms. The van der Waals surface area contributed by atoms with Crippen molar-refractivity contribution in [3.63, 3.8) is 0 Å². The van der Waals surface area contributed by atoms with Gasteiger partial charge in [-0.05, 0) is 66.8 Å². The number of rotatable bonds is 3. The summed E-state index contributed by atoms with van der Waals surface area (Å²) in [6.45, 7) is 6.63. The van der Waals surface area contributed by atoms with Crippen LogP contribution >= 0.6 is 0 Å². The molecule has 1 saturated carbocycles. The van der Waals surface area contributed by atoms with Gasteiger partial charge in [-0.2, -0.15) is 0 Å². The zero-order chi connectivity index (χ0) is 27.0. The van der Waals surface area contributed by atoms with Gasteiger partial charge in [-0.25, -0.2) is 0 Å². The highest BCUT2D eigenvalue weighted by atomic mass is 16.3. The Morgan fingerprint density at radius 3 is 2.32 bits per heavy atom. The molecular formula is C30H30O7. The third kappa shape index (κ3) is 3.33. The van der Waals surface area contributed by atoms with Gasteiger partial charge in [0.15, 0.2) is 17.2 Å². The number of fused-ring (bicyclic) bond motifs is 3. The molecule has 0 amide bonds. The summed E-state index contributed by atoms with van der Waals surface area (Å²) in [5.41, 5.74) is 0.337. The fraction of sp³-hybridized carbons (Fsp3) is 0.367. The van der Waals surface area contributed by atoms with Crippen LogP contribution in [0.4, 0.5) is 0 Å². The van der Waals surface area contributed by atoms with E-state index in [1.165, 1.54) is 6.07 Å². The molecule has 1 fully saturated rings. The Hall–Kier alpha value is -3.71. The number of hydrogen-bond acceptors (Lipinski definition) is 7. The fourth-order valence-electron chi connectivity index (χ4n) is 6.71. The van der Waals surface area contributed by atoms with Crippen molar-refractivity contribution in [2.75, 3.05) is 0 Å². The standard InChI is InChI=1S/C30H30O7/c1-13(2)22-20-12-16-11-19-18(17-8-6-5-7-14(17)3)9-10-21(32)25(19)27(34)24(16)29(36)30(20,37)28(35)23(15(4)31)26(22)33/h5-10,13,16,20,22,32,34-35,37H,11-12H2,1-4H3. The number of aliphatic hydroxyl groups is 3. The van der Waals surface area contributed by atoms with Crippen molar-refractivity contribution in [2.45, 2.75) is 46.1 Å². The second-order valence-electron chi connectivity index (χ2n) is 10.8. The molecule has 2 aromatic rings. The van der Waals surface area contributed by atoms with Crippen molar-refractivity contribution in [1.82, 2.24) is 0 Å². The number of carbonyl (C=O) groups is 3. The van der Waals surface area contributed by atoms with Crippen LogP contribution in [0.15, 0.2) is 53.3 Å². The number of hydrogen-bond donors (Lipinski definition) is 4. The largest absolute Gasteiger partial charge is 0.508 e. The van der Waals surface area contributed by atoms with E-state index in [2.05, 4.69) is 0 Å². The van der Waals surface area contributed by atoms with Gasteiger partial charge < -0.3 is 20.4 Å². The molecule has 0 aliphatic heterocycles. The topological polar surface area (TPSA) is 132 Å². The smallest absolute Gasteiger partial charge is 0.202 e. The molecule has 7 heteroatoms. The Morgan fingerprint density at radius 2 is 1.70 bits per heavy atom. The number of aromatic hydroxyl groups is 1. The molecule has 0 aromatic heterocycles. The number of phenols is 1. The van der Waals surface area contributed by atoms with E-state index in [1.54, 1.807) is 19.9 Å². The molecule has 7 nitrogen and oxygen atoms in total. The SMILES string of the molecule is CC(=O)C1=C(O)C2(O)C(=O)C3=C(O)c4c(O)ccc(-c5ccccc5C)c4CC3CC2C(C(C)C)C1=O. The Balaban J connectivity index is 1.76. The number of benzene rings is 2. The highest BCUT2D eigenvalue weighted by Gasteiger charge is 2.63. The summed E-state index contributed by atoms with van der Waals surface area (Å²) in [5, 5.41) is 44.9. The van der Waals surface area contributed by atoms with Crippen LogP contribution in [0, 0.1) is 30.6 Å². The van der Waals surface area contributed by atoms with Crippen LogP contribution in [-0.4, -0.2) is 43.4 Å². The summed E-state index contributed by atoms with van der Waals surface area (Å²) in [4.78, 5) is 39.6. The van der Waals surface area contributed by atoms with E-state index in [0.29, 0.717) is 5.56 Å². The van der Waals surface area contributed by atoms with Gasteiger partial charge in [0.05, 0.1) is 5.56 Å². The van der Waals surface area contributed by atoms with Crippen LogP contribution in [0.25, 0.3) is 16.9 Å². The molecule has 4 N–H and O–H groups in total.